The van der Waals surface area contributed by atoms with Gasteiger partial charge in [0.2, 0.25) is 5.91 Å². The minimum atomic E-state index is -3.56. The molecule has 1 fully saturated rings. The summed E-state index contributed by atoms with van der Waals surface area (Å²) in [4.78, 5) is 22.1. The van der Waals surface area contributed by atoms with E-state index in [4.69, 9.17) is 4.98 Å². The van der Waals surface area contributed by atoms with E-state index in [0.29, 0.717) is 41.8 Å². The highest BCUT2D eigenvalue weighted by molar-refractivity contribution is 7.91. The Bertz CT molecular complexity index is 1110. The SMILES string of the molecule is CN(C)CCN(C(=O)C1CCCN(S(=O)(=O)c2cccs2)C1)c1nc2ccccc2s1. The first-order chi connectivity index (χ1) is 14.9. The molecule has 2 aromatic heterocycles. The van der Waals surface area contributed by atoms with E-state index >= 15 is 0 Å². The number of fused-ring (bicyclic) bond motifs is 1. The van der Waals surface area contributed by atoms with Crippen molar-refractivity contribution in [2.24, 2.45) is 5.92 Å². The second kappa shape index (κ2) is 9.33. The highest BCUT2D eigenvalue weighted by atomic mass is 32.2. The summed E-state index contributed by atoms with van der Waals surface area (Å²) in [5.74, 6) is -0.426. The lowest BCUT2D eigenvalue weighted by atomic mass is 9.98. The molecule has 1 atom stereocenters. The van der Waals surface area contributed by atoms with Gasteiger partial charge in [0.15, 0.2) is 5.13 Å². The number of likely N-dealkylation sites (N-methyl/N-ethyl adjacent to an activating group) is 1. The van der Waals surface area contributed by atoms with Crippen molar-refractivity contribution in [3.05, 3.63) is 41.8 Å². The number of rotatable bonds is 7. The molecule has 7 nitrogen and oxygen atoms in total. The number of carbonyl (C=O) groups excluding carboxylic acids is 1. The summed E-state index contributed by atoms with van der Waals surface area (Å²) in [5.41, 5.74) is 0.871. The Morgan fingerprint density at radius 1 is 1.19 bits per heavy atom. The first-order valence-electron chi connectivity index (χ1n) is 10.2. The second-order valence-electron chi connectivity index (χ2n) is 7.89. The van der Waals surface area contributed by atoms with Crippen LogP contribution in [-0.2, 0) is 14.8 Å². The third-order valence-electron chi connectivity index (χ3n) is 5.37. The number of aromatic nitrogens is 1. The number of sulfonamides is 1. The molecule has 0 spiro atoms. The summed E-state index contributed by atoms with van der Waals surface area (Å²) >= 11 is 2.71. The van der Waals surface area contributed by atoms with Crippen molar-refractivity contribution in [2.45, 2.75) is 17.1 Å². The topological polar surface area (TPSA) is 73.8 Å². The Morgan fingerprint density at radius 2 is 2.00 bits per heavy atom. The number of nitrogens with zero attached hydrogens (tertiary/aromatic N) is 4. The lowest BCUT2D eigenvalue weighted by Crippen LogP contribution is -2.48. The number of thiazole rings is 1. The van der Waals surface area contributed by atoms with Crippen molar-refractivity contribution < 1.29 is 13.2 Å². The Labute approximate surface area is 191 Å². The molecule has 4 rings (SSSR count). The molecule has 1 aliphatic heterocycles. The molecule has 1 aliphatic rings. The molecule has 1 saturated heterocycles. The number of benzene rings is 1. The first kappa shape index (κ1) is 22.3. The number of thiophene rings is 1. The molecule has 1 amide bonds. The van der Waals surface area contributed by atoms with E-state index < -0.39 is 10.0 Å². The van der Waals surface area contributed by atoms with E-state index in [1.165, 1.54) is 27.0 Å². The molecule has 0 saturated carbocycles. The van der Waals surface area contributed by atoms with Crippen LogP contribution in [0.15, 0.2) is 46.0 Å². The fourth-order valence-electron chi connectivity index (χ4n) is 3.70. The van der Waals surface area contributed by atoms with Gasteiger partial charge >= 0.3 is 0 Å². The minimum Gasteiger partial charge on any atom is -0.308 e. The monoisotopic (exact) mass is 478 g/mol. The molecule has 1 aromatic carbocycles. The van der Waals surface area contributed by atoms with Crippen LogP contribution in [0.1, 0.15) is 12.8 Å². The highest BCUT2D eigenvalue weighted by Gasteiger charge is 2.36. The predicted molar refractivity (Wildman–Crippen MR) is 126 cm³/mol. The van der Waals surface area contributed by atoms with Gasteiger partial charge in [-0.25, -0.2) is 13.4 Å². The molecular weight excluding hydrogens is 452 g/mol. The van der Waals surface area contributed by atoms with E-state index in [2.05, 4.69) is 0 Å². The third-order valence-corrected chi connectivity index (χ3v) is 9.67. The van der Waals surface area contributed by atoms with Gasteiger partial charge in [-0.3, -0.25) is 9.69 Å². The zero-order chi connectivity index (χ0) is 22.0. The van der Waals surface area contributed by atoms with Crippen LogP contribution in [0.2, 0.25) is 0 Å². The van der Waals surface area contributed by atoms with E-state index in [1.807, 2.05) is 43.3 Å². The standard InChI is InChI=1S/C21H26N4O3S3/c1-23(2)12-13-25(21-22-17-8-3-4-9-18(17)30-21)20(26)16-7-5-11-24(15-16)31(27,28)19-10-6-14-29-19/h3-4,6,8-10,14,16H,5,7,11-13,15H2,1-2H3. The van der Waals surface area contributed by atoms with Gasteiger partial charge in [-0.2, -0.15) is 4.31 Å². The van der Waals surface area contributed by atoms with Crippen LogP contribution in [0.4, 0.5) is 5.13 Å². The largest absolute Gasteiger partial charge is 0.308 e. The number of amides is 1. The van der Waals surface area contributed by atoms with Crippen molar-refractivity contribution in [3.63, 3.8) is 0 Å². The van der Waals surface area contributed by atoms with Crippen LogP contribution >= 0.6 is 22.7 Å². The first-order valence-corrected chi connectivity index (χ1v) is 13.4. The Kier molecular flexibility index (Phi) is 6.73. The molecule has 0 bridgehead atoms. The molecule has 0 aliphatic carbocycles. The number of para-hydroxylation sites is 1. The van der Waals surface area contributed by atoms with Gasteiger partial charge in [0.1, 0.15) is 4.21 Å². The number of carbonyl (C=O) groups is 1. The van der Waals surface area contributed by atoms with Crippen LogP contribution in [-0.4, -0.2) is 68.8 Å². The van der Waals surface area contributed by atoms with Crippen molar-refractivity contribution in [3.8, 4) is 0 Å². The highest BCUT2D eigenvalue weighted by Crippen LogP contribution is 2.32. The molecule has 166 valence electrons. The number of hydrogen-bond donors (Lipinski definition) is 0. The minimum absolute atomic E-state index is 0.0491. The maximum atomic E-state index is 13.6. The normalized spacial score (nSPS) is 18.0. The van der Waals surface area contributed by atoms with Crippen LogP contribution in [0.25, 0.3) is 10.2 Å². The lowest BCUT2D eigenvalue weighted by molar-refractivity contribution is -0.123. The molecule has 10 heteroatoms. The summed E-state index contributed by atoms with van der Waals surface area (Å²) < 4.78 is 28.8. The van der Waals surface area contributed by atoms with Crippen LogP contribution in [0.5, 0.6) is 0 Å². The van der Waals surface area contributed by atoms with Crippen LogP contribution < -0.4 is 4.90 Å². The van der Waals surface area contributed by atoms with Gasteiger partial charge in [0.25, 0.3) is 10.0 Å². The lowest BCUT2D eigenvalue weighted by Gasteiger charge is -2.33. The summed E-state index contributed by atoms with van der Waals surface area (Å²) in [6.45, 7) is 1.87. The molecule has 3 aromatic rings. The number of piperidine rings is 1. The Morgan fingerprint density at radius 3 is 2.71 bits per heavy atom. The van der Waals surface area contributed by atoms with E-state index in [1.54, 1.807) is 22.4 Å². The molecule has 31 heavy (non-hydrogen) atoms. The van der Waals surface area contributed by atoms with Gasteiger partial charge in [-0.15, -0.1) is 11.3 Å². The summed E-state index contributed by atoms with van der Waals surface area (Å²) in [6.07, 6.45) is 1.35. The number of hydrogen-bond acceptors (Lipinski definition) is 7. The number of anilines is 1. The van der Waals surface area contributed by atoms with Crippen LogP contribution in [0.3, 0.4) is 0 Å². The van der Waals surface area contributed by atoms with E-state index in [0.717, 1.165) is 10.2 Å². The maximum Gasteiger partial charge on any atom is 0.252 e. The van der Waals surface area contributed by atoms with Gasteiger partial charge < -0.3 is 4.90 Å². The van der Waals surface area contributed by atoms with Gasteiger partial charge in [-0.1, -0.05) is 29.5 Å². The summed E-state index contributed by atoms with van der Waals surface area (Å²) in [5, 5.41) is 2.43. The average Bonchev–Trinajstić information content (AvgIpc) is 3.44. The second-order valence-corrected chi connectivity index (χ2v) is 12.0. The quantitative estimate of drug-likeness (QED) is 0.521. The zero-order valence-corrected chi connectivity index (χ0v) is 20.0. The van der Waals surface area contributed by atoms with Crippen molar-refractivity contribution in [2.75, 3.05) is 45.2 Å². The van der Waals surface area contributed by atoms with Gasteiger partial charge in [0.05, 0.1) is 16.1 Å². The van der Waals surface area contributed by atoms with Gasteiger partial charge in [0, 0.05) is 26.2 Å². The van der Waals surface area contributed by atoms with Crippen molar-refractivity contribution in [1.82, 2.24) is 14.2 Å². The van der Waals surface area contributed by atoms with Gasteiger partial charge in [-0.05, 0) is 50.5 Å². The average molecular weight is 479 g/mol. The maximum absolute atomic E-state index is 13.6. The summed E-state index contributed by atoms with van der Waals surface area (Å²) in [7, 11) is 0.377. The molecular formula is C21H26N4O3S3. The Hall–Kier alpha value is -1.85. The van der Waals surface area contributed by atoms with E-state index in [-0.39, 0.29) is 18.4 Å². The summed E-state index contributed by atoms with van der Waals surface area (Å²) in [6, 6.07) is 11.2. The van der Waals surface area contributed by atoms with Crippen molar-refractivity contribution >= 4 is 54.0 Å². The van der Waals surface area contributed by atoms with Crippen LogP contribution in [0, 0.1) is 5.92 Å². The molecule has 1 unspecified atom stereocenters. The Balaban J connectivity index is 1.58. The smallest absolute Gasteiger partial charge is 0.252 e. The van der Waals surface area contributed by atoms with Crippen molar-refractivity contribution in [1.29, 1.82) is 0 Å². The third kappa shape index (κ3) is 4.83. The predicted octanol–water partition coefficient (Wildman–Crippen LogP) is 3.35. The fraction of sp³-hybridized carbons (Fsp3) is 0.429. The van der Waals surface area contributed by atoms with E-state index in [9.17, 15) is 13.2 Å². The molecule has 0 N–H and O–H groups in total. The molecule has 3 heterocycles. The molecule has 0 radical (unpaired) electrons. The fourth-order valence-corrected chi connectivity index (χ4v) is 7.36. The zero-order valence-electron chi connectivity index (χ0n) is 17.6.